The van der Waals surface area contributed by atoms with E-state index in [4.69, 9.17) is 9.47 Å². The lowest BCUT2D eigenvalue weighted by Gasteiger charge is -2.30. The van der Waals surface area contributed by atoms with Crippen LogP contribution in [0.2, 0.25) is 0 Å². The second-order valence-corrected chi connectivity index (χ2v) is 3.38. The summed E-state index contributed by atoms with van der Waals surface area (Å²) in [7, 11) is 3.35. The van der Waals surface area contributed by atoms with E-state index in [0.29, 0.717) is 0 Å². The summed E-state index contributed by atoms with van der Waals surface area (Å²) in [6.45, 7) is 4.11. The fourth-order valence-corrected chi connectivity index (χ4v) is 1.62. The summed E-state index contributed by atoms with van der Waals surface area (Å²) in [5.41, 5.74) is 2.31. The molecule has 0 fully saturated rings. The van der Waals surface area contributed by atoms with E-state index in [1.54, 1.807) is 14.2 Å². The Balaban J connectivity index is 3.05. The van der Waals surface area contributed by atoms with Crippen LogP contribution in [0.5, 0.6) is 0 Å². The maximum absolute atomic E-state index is 5.44. The monoisotopic (exact) mass is 194 g/mol. The summed E-state index contributed by atoms with van der Waals surface area (Å²) in [5.74, 6) is -0.590. The zero-order valence-corrected chi connectivity index (χ0v) is 9.33. The molecule has 0 spiro atoms. The molecule has 0 atom stereocenters. The molecule has 0 radical (unpaired) electrons. The Morgan fingerprint density at radius 2 is 1.57 bits per heavy atom. The number of rotatable bonds is 4. The average Bonchev–Trinajstić information content (AvgIpc) is 2.24. The molecule has 2 heteroatoms. The van der Waals surface area contributed by atoms with Crippen molar-refractivity contribution in [2.45, 2.75) is 26.1 Å². The smallest absolute Gasteiger partial charge is 0.193 e. The summed E-state index contributed by atoms with van der Waals surface area (Å²) >= 11 is 0. The van der Waals surface area contributed by atoms with Crippen LogP contribution in [0.15, 0.2) is 24.3 Å². The number of aryl methyl sites for hydroxylation is 1. The van der Waals surface area contributed by atoms with Crippen LogP contribution in [0.1, 0.15) is 24.5 Å². The Morgan fingerprint density at radius 1 is 1.07 bits per heavy atom. The molecule has 0 amide bonds. The van der Waals surface area contributed by atoms with E-state index in [0.717, 1.165) is 12.0 Å². The number of hydrogen-bond donors (Lipinski definition) is 0. The van der Waals surface area contributed by atoms with Crippen molar-refractivity contribution in [3.63, 3.8) is 0 Å². The van der Waals surface area contributed by atoms with Crippen molar-refractivity contribution < 1.29 is 9.47 Å². The van der Waals surface area contributed by atoms with Gasteiger partial charge in [-0.3, -0.25) is 0 Å². The molecule has 0 saturated heterocycles. The van der Waals surface area contributed by atoms with E-state index >= 15 is 0 Å². The maximum Gasteiger partial charge on any atom is 0.193 e. The van der Waals surface area contributed by atoms with Gasteiger partial charge in [0.2, 0.25) is 0 Å². The summed E-state index contributed by atoms with van der Waals surface area (Å²) < 4.78 is 10.9. The Hall–Kier alpha value is -0.860. The van der Waals surface area contributed by atoms with Gasteiger partial charge < -0.3 is 9.47 Å². The highest BCUT2D eigenvalue weighted by molar-refractivity contribution is 5.25. The van der Waals surface area contributed by atoms with E-state index in [2.05, 4.69) is 19.1 Å². The topological polar surface area (TPSA) is 18.5 Å². The molecule has 0 aliphatic heterocycles. The zero-order valence-electron chi connectivity index (χ0n) is 9.33. The molecule has 0 unspecified atom stereocenters. The molecule has 0 N–H and O–H groups in total. The van der Waals surface area contributed by atoms with Crippen LogP contribution in [-0.2, 0) is 15.3 Å². The highest BCUT2D eigenvalue weighted by Gasteiger charge is 2.29. The first kappa shape index (κ1) is 11.2. The Labute approximate surface area is 85.8 Å². The van der Waals surface area contributed by atoms with Gasteiger partial charge in [0.25, 0.3) is 0 Å². The van der Waals surface area contributed by atoms with Gasteiger partial charge in [0.05, 0.1) is 0 Å². The van der Waals surface area contributed by atoms with Crippen LogP contribution in [0.4, 0.5) is 0 Å². The van der Waals surface area contributed by atoms with Crippen molar-refractivity contribution in [1.82, 2.24) is 0 Å². The average molecular weight is 194 g/mol. The van der Waals surface area contributed by atoms with Crippen LogP contribution in [0.25, 0.3) is 0 Å². The summed E-state index contributed by atoms with van der Waals surface area (Å²) in [6, 6.07) is 8.23. The first-order chi connectivity index (χ1) is 6.68. The van der Waals surface area contributed by atoms with Gasteiger partial charge in [-0.1, -0.05) is 36.8 Å². The quantitative estimate of drug-likeness (QED) is 0.686. The molecule has 0 heterocycles. The van der Waals surface area contributed by atoms with Crippen molar-refractivity contribution in [2.24, 2.45) is 0 Å². The van der Waals surface area contributed by atoms with Gasteiger partial charge in [0.1, 0.15) is 0 Å². The number of hydrogen-bond acceptors (Lipinski definition) is 2. The van der Waals surface area contributed by atoms with Gasteiger partial charge in [-0.25, -0.2) is 0 Å². The SMILES string of the molecule is CCC(OC)(OC)c1ccc(C)cc1. The molecule has 78 valence electrons. The third-order valence-corrected chi connectivity index (χ3v) is 2.62. The molecule has 1 rings (SSSR count). The van der Waals surface area contributed by atoms with Crippen molar-refractivity contribution in [2.75, 3.05) is 14.2 Å². The molecule has 2 nitrogen and oxygen atoms in total. The van der Waals surface area contributed by atoms with Crippen LogP contribution in [0, 0.1) is 6.92 Å². The molecule has 14 heavy (non-hydrogen) atoms. The molecule has 0 aliphatic carbocycles. The van der Waals surface area contributed by atoms with Gasteiger partial charge in [-0.05, 0) is 6.92 Å². The second-order valence-electron chi connectivity index (χ2n) is 3.38. The van der Waals surface area contributed by atoms with E-state index in [9.17, 15) is 0 Å². The molecular weight excluding hydrogens is 176 g/mol. The first-order valence-corrected chi connectivity index (χ1v) is 4.86. The summed E-state index contributed by atoms with van der Waals surface area (Å²) in [5, 5.41) is 0. The van der Waals surface area contributed by atoms with Gasteiger partial charge in [0.15, 0.2) is 5.79 Å². The summed E-state index contributed by atoms with van der Waals surface area (Å²) in [6.07, 6.45) is 0.795. The van der Waals surface area contributed by atoms with Gasteiger partial charge in [-0.2, -0.15) is 0 Å². The third kappa shape index (κ3) is 1.97. The first-order valence-electron chi connectivity index (χ1n) is 4.86. The van der Waals surface area contributed by atoms with Crippen molar-refractivity contribution in [1.29, 1.82) is 0 Å². The molecule has 1 aromatic carbocycles. The van der Waals surface area contributed by atoms with Crippen LogP contribution in [0.3, 0.4) is 0 Å². The molecule has 0 aliphatic rings. The number of benzene rings is 1. The normalized spacial score (nSPS) is 11.7. The fourth-order valence-electron chi connectivity index (χ4n) is 1.62. The number of ether oxygens (including phenoxy) is 2. The third-order valence-electron chi connectivity index (χ3n) is 2.62. The standard InChI is InChI=1S/C12H18O2/c1-5-12(13-3,14-4)11-8-6-10(2)7-9-11/h6-9H,5H2,1-4H3. The highest BCUT2D eigenvalue weighted by atomic mass is 16.7. The van der Waals surface area contributed by atoms with Crippen molar-refractivity contribution >= 4 is 0 Å². The van der Waals surface area contributed by atoms with Crippen LogP contribution < -0.4 is 0 Å². The molecule has 0 aromatic heterocycles. The van der Waals surface area contributed by atoms with Crippen molar-refractivity contribution in [3.8, 4) is 0 Å². The van der Waals surface area contributed by atoms with Gasteiger partial charge in [0, 0.05) is 26.2 Å². The predicted molar refractivity (Wildman–Crippen MR) is 57.2 cm³/mol. The number of methoxy groups -OCH3 is 2. The lowest BCUT2D eigenvalue weighted by molar-refractivity contribution is -0.217. The van der Waals surface area contributed by atoms with E-state index in [1.807, 2.05) is 19.1 Å². The predicted octanol–water partition coefficient (Wildman–Crippen LogP) is 2.85. The minimum absolute atomic E-state index is 0.590. The lowest BCUT2D eigenvalue weighted by atomic mass is 10.0. The second kappa shape index (κ2) is 4.58. The largest absolute Gasteiger partial charge is 0.349 e. The Bertz CT molecular complexity index is 265. The molecule has 0 bridgehead atoms. The van der Waals surface area contributed by atoms with E-state index in [-0.39, 0.29) is 0 Å². The van der Waals surface area contributed by atoms with Crippen molar-refractivity contribution in [3.05, 3.63) is 35.4 Å². The van der Waals surface area contributed by atoms with Crippen LogP contribution in [-0.4, -0.2) is 14.2 Å². The zero-order chi connectivity index (χ0) is 10.6. The Kier molecular flexibility index (Phi) is 3.67. The fraction of sp³-hybridized carbons (Fsp3) is 0.500. The van der Waals surface area contributed by atoms with Gasteiger partial charge >= 0.3 is 0 Å². The molecular formula is C12H18O2. The Morgan fingerprint density at radius 3 is 1.93 bits per heavy atom. The van der Waals surface area contributed by atoms with E-state index in [1.165, 1.54) is 5.56 Å². The van der Waals surface area contributed by atoms with Gasteiger partial charge in [-0.15, -0.1) is 0 Å². The molecule has 1 aromatic rings. The summed E-state index contributed by atoms with van der Waals surface area (Å²) in [4.78, 5) is 0. The lowest BCUT2D eigenvalue weighted by Crippen LogP contribution is -2.29. The highest BCUT2D eigenvalue weighted by Crippen LogP contribution is 2.29. The minimum Gasteiger partial charge on any atom is -0.349 e. The molecule has 0 saturated carbocycles. The maximum atomic E-state index is 5.44. The van der Waals surface area contributed by atoms with Crippen LogP contribution >= 0.6 is 0 Å². The van der Waals surface area contributed by atoms with E-state index < -0.39 is 5.79 Å². The minimum atomic E-state index is -0.590.